The normalized spacial score (nSPS) is 27.4. The average Bonchev–Trinajstić information content (AvgIpc) is 3.19. The van der Waals surface area contributed by atoms with E-state index in [4.69, 9.17) is 9.47 Å². The standard InChI is InChI=1S/C16H23NO2/c1-3-7-14(8-4-1)12-18-13-16-15(19-16)11-17-9-5-2-6-10-17/h1,3-4,7-8,15-16H,2,5-6,9-13H2/t15-,16+/m1/s1. The summed E-state index contributed by atoms with van der Waals surface area (Å²) in [6.45, 7) is 5.01. The van der Waals surface area contributed by atoms with E-state index in [9.17, 15) is 0 Å². The van der Waals surface area contributed by atoms with Crippen LogP contribution in [0.5, 0.6) is 0 Å². The smallest absolute Gasteiger partial charge is 0.109 e. The van der Waals surface area contributed by atoms with Crippen LogP contribution in [-0.4, -0.2) is 43.3 Å². The second-order valence-electron chi connectivity index (χ2n) is 5.57. The van der Waals surface area contributed by atoms with Gasteiger partial charge in [0.05, 0.1) is 19.3 Å². The van der Waals surface area contributed by atoms with E-state index in [1.807, 2.05) is 18.2 Å². The molecule has 0 aromatic heterocycles. The van der Waals surface area contributed by atoms with Gasteiger partial charge in [-0.25, -0.2) is 0 Å². The Morgan fingerprint density at radius 1 is 1.05 bits per heavy atom. The highest BCUT2D eigenvalue weighted by atomic mass is 16.6. The molecule has 2 aliphatic heterocycles. The van der Waals surface area contributed by atoms with Crippen LogP contribution in [0.2, 0.25) is 0 Å². The summed E-state index contributed by atoms with van der Waals surface area (Å²) >= 11 is 0. The van der Waals surface area contributed by atoms with Crippen molar-refractivity contribution in [1.29, 1.82) is 0 Å². The lowest BCUT2D eigenvalue weighted by Crippen LogP contribution is -2.33. The van der Waals surface area contributed by atoms with E-state index in [2.05, 4.69) is 17.0 Å². The minimum atomic E-state index is 0.325. The van der Waals surface area contributed by atoms with Crippen LogP contribution in [0, 0.1) is 0 Å². The Morgan fingerprint density at radius 3 is 2.63 bits per heavy atom. The summed E-state index contributed by atoms with van der Waals surface area (Å²) in [6, 6.07) is 10.3. The molecule has 104 valence electrons. The number of epoxide rings is 1. The van der Waals surface area contributed by atoms with E-state index >= 15 is 0 Å². The Labute approximate surface area is 115 Å². The zero-order valence-corrected chi connectivity index (χ0v) is 11.5. The van der Waals surface area contributed by atoms with Crippen LogP contribution in [0.1, 0.15) is 24.8 Å². The Bertz CT molecular complexity index is 376. The van der Waals surface area contributed by atoms with Crippen molar-refractivity contribution in [2.24, 2.45) is 0 Å². The molecule has 0 aliphatic carbocycles. The first kappa shape index (κ1) is 13.1. The van der Waals surface area contributed by atoms with Crippen LogP contribution < -0.4 is 0 Å². The maximum atomic E-state index is 5.72. The SMILES string of the molecule is c1ccc(COC[C@@H]2O[C@@H]2CN2CCCCC2)cc1. The number of hydrogen-bond donors (Lipinski definition) is 0. The van der Waals surface area contributed by atoms with Crippen LogP contribution in [-0.2, 0) is 16.1 Å². The minimum Gasteiger partial charge on any atom is -0.374 e. The Hall–Kier alpha value is -0.900. The van der Waals surface area contributed by atoms with Gasteiger partial charge in [-0.05, 0) is 31.5 Å². The third-order valence-electron chi connectivity index (χ3n) is 3.97. The van der Waals surface area contributed by atoms with E-state index < -0.39 is 0 Å². The lowest BCUT2D eigenvalue weighted by Gasteiger charge is -2.25. The second kappa shape index (κ2) is 6.51. The first-order chi connectivity index (χ1) is 9.42. The van der Waals surface area contributed by atoms with Gasteiger partial charge in [0.1, 0.15) is 6.10 Å². The Kier molecular flexibility index (Phi) is 4.49. The van der Waals surface area contributed by atoms with Gasteiger partial charge in [0.2, 0.25) is 0 Å². The maximum absolute atomic E-state index is 5.72. The number of nitrogens with zero attached hydrogens (tertiary/aromatic N) is 1. The van der Waals surface area contributed by atoms with Gasteiger partial charge in [-0.1, -0.05) is 36.8 Å². The lowest BCUT2D eigenvalue weighted by atomic mass is 10.1. The molecule has 0 bridgehead atoms. The van der Waals surface area contributed by atoms with Crippen molar-refractivity contribution in [2.75, 3.05) is 26.2 Å². The molecule has 2 saturated heterocycles. The maximum Gasteiger partial charge on any atom is 0.109 e. The third-order valence-corrected chi connectivity index (χ3v) is 3.97. The zero-order chi connectivity index (χ0) is 12.9. The molecule has 3 nitrogen and oxygen atoms in total. The summed E-state index contributed by atoms with van der Waals surface area (Å²) in [7, 11) is 0. The molecule has 3 heteroatoms. The molecular formula is C16H23NO2. The summed E-state index contributed by atoms with van der Waals surface area (Å²) in [5, 5.41) is 0. The molecule has 19 heavy (non-hydrogen) atoms. The molecule has 2 fully saturated rings. The van der Waals surface area contributed by atoms with Crippen molar-refractivity contribution < 1.29 is 9.47 Å². The number of piperidine rings is 1. The second-order valence-corrected chi connectivity index (χ2v) is 5.57. The van der Waals surface area contributed by atoms with Crippen molar-refractivity contribution in [1.82, 2.24) is 4.90 Å². The molecule has 0 saturated carbocycles. The van der Waals surface area contributed by atoms with Crippen molar-refractivity contribution in [3.05, 3.63) is 35.9 Å². The monoisotopic (exact) mass is 261 g/mol. The van der Waals surface area contributed by atoms with E-state index in [0.717, 1.165) is 13.2 Å². The summed E-state index contributed by atoms with van der Waals surface area (Å²) in [5.74, 6) is 0. The molecule has 2 atom stereocenters. The summed E-state index contributed by atoms with van der Waals surface area (Å²) in [5.41, 5.74) is 1.23. The van der Waals surface area contributed by atoms with Gasteiger partial charge >= 0.3 is 0 Å². The van der Waals surface area contributed by atoms with Gasteiger partial charge < -0.3 is 14.4 Å². The number of rotatable bonds is 6. The van der Waals surface area contributed by atoms with E-state index in [0.29, 0.717) is 18.8 Å². The molecule has 0 N–H and O–H groups in total. The van der Waals surface area contributed by atoms with Gasteiger partial charge in [-0.3, -0.25) is 0 Å². The first-order valence-corrected chi connectivity index (χ1v) is 7.41. The number of ether oxygens (including phenoxy) is 2. The Balaban J connectivity index is 1.30. The molecule has 2 heterocycles. The predicted octanol–water partition coefficient (Wildman–Crippen LogP) is 2.46. The van der Waals surface area contributed by atoms with Gasteiger partial charge in [0.25, 0.3) is 0 Å². The van der Waals surface area contributed by atoms with Gasteiger partial charge in [0.15, 0.2) is 0 Å². The van der Waals surface area contributed by atoms with Crippen molar-refractivity contribution in [3.63, 3.8) is 0 Å². The highest BCUT2D eigenvalue weighted by Crippen LogP contribution is 2.25. The molecule has 0 amide bonds. The molecule has 0 unspecified atom stereocenters. The molecule has 1 aromatic carbocycles. The highest BCUT2D eigenvalue weighted by Gasteiger charge is 2.40. The summed E-state index contributed by atoms with van der Waals surface area (Å²) < 4.78 is 11.4. The van der Waals surface area contributed by atoms with Crippen molar-refractivity contribution in [3.8, 4) is 0 Å². The molecule has 2 aliphatic rings. The zero-order valence-electron chi connectivity index (χ0n) is 11.5. The highest BCUT2D eigenvalue weighted by molar-refractivity contribution is 5.13. The van der Waals surface area contributed by atoms with Gasteiger partial charge in [-0.15, -0.1) is 0 Å². The summed E-state index contributed by atoms with van der Waals surface area (Å²) in [4.78, 5) is 2.53. The Morgan fingerprint density at radius 2 is 1.84 bits per heavy atom. The molecule has 0 radical (unpaired) electrons. The minimum absolute atomic E-state index is 0.325. The first-order valence-electron chi connectivity index (χ1n) is 7.41. The fourth-order valence-electron chi connectivity index (χ4n) is 2.75. The molecule has 1 aromatic rings. The lowest BCUT2D eigenvalue weighted by molar-refractivity contribution is 0.104. The number of hydrogen-bond acceptors (Lipinski definition) is 3. The summed E-state index contributed by atoms with van der Waals surface area (Å²) in [6.07, 6.45) is 4.83. The molecular weight excluding hydrogens is 238 g/mol. The van der Waals surface area contributed by atoms with Crippen LogP contribution in [0.4, 0.5) is 0 Å². The fourth-order valence-corrected chi connectivity index (χ4v) is 2.75. The molecule has 3 rings (SSSR count). The number of benzene rings is 1. The van der Waals surface area contributed by atoms with E-state index in [-0.39, 0.29) is 0 Å². The van der Waals surface area contributed by atoms with Gasteiger partial charge in [-0.2, -0.15) is 0 Å². The quantitative estimate of drug-likeness (QED) is 0.735. The van der Waals surface area contributed by atoms with Crippen LogP contribution in [0.3, 0.4) is 0 Å². The fraction of sp³-hybridized carbons (Fsp3) is 0.625. The average molecular weight is 261 g/mol. The van der Waals surface area contributed by atoms with Crippen molar-refractivity contribution >= 4 is 0 Å². The van der Waals surface area contributed by atoms with Crippen LogP contribution >= 0.6 is 0 Å². The number of likely N-dealkylation sites (tertiary alicyclic amines) is 1. The van der Waals surface area contributed by atoms with E-state index in [1.54, 1.807) is 0 Å². The van der Waals surface area contributed by atoms with E-state index in [1.165, 1.54) is 37.9 Å². The third kappa shape index (κ3) is 4.03. The molecule has 0 spiro atoms. The predicted molar refractivity (Wildman–Crippen MR) is 75.1 cm³/mol. The van der Waals surface area contributed by atoms with Crippen molar-refractivity contribution in [2.45, 2.75) is 38.1 Å². The van der Waals surface area contributed by atoms with Crippen LogP contribution in [0.15, 0.2) is 30.3 Å². The van der Waals surface area contributed by atoms with Gasteiger partial charge in [0, 0.05) is 6.54 Å². The largest absolute Gasteiger partial charge is 0.374 e. The topological polar surface area (TPSA) is 25.0 Å². The van der Waals surface area contributed by atoms with Crippen LogP contribution in [0.25, 0.3) is 0 Å².